The number of aromatic hydroxyl groups is 1. The number of carbonyl (C=O) groups excluding carboxylic acids is 2. The topological polar surface area (TPSA) is 129 Å². The lowest BCUT2D eigenvalue weighted by Gasteiger charge is -2.63. The maximum absolute atomic E-state index is 13.9. The molecule has 5 atom stereocenters. The summed E-state index contributed by atoms with van der Waals surface area (Å²) >= 11 is 0. The summed E-state index contributed by atoms with van der Waals surface area (Å²) in [6, 6.07) is 20.9. The molecule has 3 unspecified atom stereocenters. The van der Waals surface area contributed by atoms with Crippen LogP contribution in [-0.4, -0.2) is 160 Å². The molecule has 378 valence electrons. The van der Waals surface area contributed by atoms with Crippen molar-refractivity contribution in [1.29, 1.82) is 0 Å². The number of phenolic OH excluding ortho intramolecular Hbond substituents is 1. The highest BCUT2D eigenvalue weighted by Crippen LogP contribution is 2.69. The first-order valence-corrected chi connectivity index (χ1v) is 27.2. The molecule has 4 heterocycles. The van der Waals surface area contributed by atoms with E-state index in [1.807, 2.05) is 18.2 Å². The highest BCUT2D eigenvalue weighted by molar-refractivity contribution is 5.91. The molecule has 10 rings (SSSR count). The quantitative estimate of drug-likeness (QED) is 0.0864. The Balaban J connectivity index is 0.732. The number of carbonyl (C=O) groups is 2. The number of anilines is 1. The average molecular weight is 957 g/mol. The lowest BCUT2D eigenvalue weighted by Crippen LogP contribution is -2.74. The monoisotopic (exact) mass is 957 g/mol. The minimum absolute atomic E-state index is 0.0127. The van der Waals surface area contributed by atoms with Crippen LogP contribution in [0.3, 0.4) is 0 Å². The second-order valence-electron chi connectivity index (χ2n) is 21.5. The first-order chi connectivity index (χ1) is 34.1. The van der Waals surface area contributed by atoms with E-state index in [1.165, 1.54) is 18.4 Å². The number of phenols is 1. The van der Waals surface area contributed by atoms with Gasteiger partial charge in [0, 0.05) is 106 Å². The van der Waals surface area contributed by atoms with E-state index < -0.39 is 17.1 Å². The van der Waals surface area contributed by atoms with Gasteiger partial charge in [-0.15, -0.1) is 0 Å². The fraction of sp³-hybridized carbons (Fsp3) is 0.614. The van der Waals surface area contributed by atoms with Crippen molar-refractivity contribution in [3.63, 3.8) is 0 Å². The third-order valence-corrected chi connectivity index (χ3v) is 17.6. The van der Waals surface area contributed by atoms with E-state index >= 15 is 0 Å². The van der Waals surface area contributed by atoms with Crippen LogP contribution < -0.4 is 15.4 Å². The zero-order valence-electron chi connectivity index (χ0n) is 42.6. The van der Waals surface area contributed by atoms with E-state index in [-0.39, 0.29) is 30.2 Å². The van der Waals surface area contributed by atoms with Gasteiger partial charge in [-0.1, -0.05) is 70.5 Å². The number of nitrogens with zero attached hydrogens (tertiary/aromatic N) is 6. The van der Waals surface area contributed by atoms with Crippen LogP contribution in [-0.2, 0) is 40.8 Å². The molecule has 4 N–H and O–H groups in total. The lowest BCUT2D eigenvalue weighted by molar-refractivity contribution is -0.173. The molecular formula is C57H80N8O5. The number of likely N-dealkylation sites (N-methyl/N-ethyl adjacent to an activating group) is 4. The van der Waals surface area contributed by atoms with Crippen LogP contribution >= 0.6 is 0 Å². The van der Waals surface area contributed by atoms with Gasteiger partial charge < -0.3 is 44.9 Å². The Labute approximate surface area is 416 Å². The molecule has 0 radical (unpaired) electrons. The van der Waals surface area contributed by atoms with E-state index in [9.17, 15) is 19.8 Å². The molecule has 13 heteroatoms. The third kappa shape index (κ3) is 9.39. The van der Waals surface area contributed by atoms with Crippen molar-refractivity contribution in [3.05, 3.63) is 88.6 Å². The second-order valence-corrected chi connectivity index (χ2v) is 21.5. The van der Waals surface area contributed by atoms with E-state index in [0.29, 0.717) is 37.1 Å². The molecule has 1 spiro atoms. The number of fused-ring (bicyclic) bond motifs is 4. The zero-order valence-corrected chi connectivity index (χ0v) is 42.6. The number of likely N-dealkylation sites (tertiary alicyclic amines) is 1. The molecule has 2 amide bonds. The second kappa shape index (κ2) is 20.9. The number of hydrogen-bond donors (Lipinski definition) is 4. The average Bonchev–Trinajstić information content (AvgIpc) is 4.04. The molecule has 1 aromatic heterocycles. The van der Waals surface area contributed by atoms with Gasteiger partial charge in [0.15, 0.2) is 17.6 Å². The summed E-state index contributed by atoms with van der Waals surface area (Å²) in [5.41, 5.74) is 5.42. The van der Waals surface area contributed by atoms with E-state index in [2.05, 4.69) is 104 Å². The number of amides is 2. The van der Waals surface area contributed by atoms with E-state index in [0.717, 1.165) is 163 Å². The number of aliphatic hydroxyl groups is 1. The smallest absolute Gasteiger partial charge is 0.239 e. The highest BCUT2D eigenvalue weighted by atomic mass is 16.5. The number of nitrogens with one attached hydrogen (secondary N) is 2. The van der Waals surface area contributed by atoms with Gasteiger partial charge in [-0.2, -0.15) is 0 Å². The number of benzene rings is 3. The van der Waals surface area contributed by atoms with Gasteiger partial charge in [0.1, 0.15) is 6.54 Å². The molecule has 3 aliphatic heterocycles. The molecule has 13 nitrogen and oxygen atoms in total. The van der Waals surface area contributed by atoms with Crippen molar-refractivity contribution in [1.82, 2.24) is 34.4 Å². The zero-order chi connectivity index (χ0) is 48.6. The van der Waals surface area contributed by atoms with Gasteiger partial charge in [-0.25, -0.2) is 0 Å². The van der Waals surface area contributed by atoms with E-state index in [1.54, 1.807) is 6.07 Å². The summed E-state index contributed by atoms with van der Waals surface area (Å²) in [6.07, 6.45) is 7.66. The Morgan fingerprint density at radius 2 is 1.51 bits per heavy atom. The van der Waals surface area contributed by atoms with Gasteiger partial charge in [-0.05, 0) is 125 Å². The predicted octanol–water partition coefficient (Wildman–Crippen LogP) is 6.57. The van der Waals surface area contributed by atoms with Crippen LogP contribution in [0.5, 0.6) is 11.5 Å². The summed E-state index contributed by atoms with van der Waals surface area (Å²) < 4.78 is 9.05. The number of para-hydroxylation sites is 1. The molecule has 1 saturated carbocycles. The van der Waals surface area contributed by atoms with Crippen LogP contribution in [0, 0.1) is 5.92 Å². The lowest BCUT2D eigenvalue weighted by atomic mass is 9.49. The van der Waals surface area contributed by atoms with Crippen molar-refractivity contribution in [3.8, 4) is 11.5 Å². The van der Waals surface area contributed by atoms with Crippen LogP contribution in [0.15, 0.2) is 60.7 Å². The van der Waals surface area contributed by atoms with Crippen molar-refractivity contribution >= 4 is 28.4 Å². The standard InChI is InChI=1S/C57H80N8O5/c1-5-60-28-29-61(6-2)32-33-63(8-4)44(38-62(7-3)31-30-60)34-40-19-22-43(23-20-40)59-50(67)16-10-9-13-26-58-51(68)39-65-47-15-12-11-14-45(47)46-36-57(69)49-35-42-21-24-48(66)54-52(42)56(57,55(70-54)53(46)65)25-27-64(49)37-41-17-18-41/h11-12,14-15,19-24,41,44,49,55,66,69H,5-10,13,16-18,25-39H2,1-4H3,(H,58,68)(H,59,67)/t44?,49?,55-,56?,57+/m0/s1. The van der Waals surface area contributed by atoms with Crippen LogP contribution in [0.4, 0.5) is 5.69 Å². The van der Waals surface area contributed by atoms with Crippen molar-refractivity contribution in [2.45, 2.75) is 128 Å². The molecule has 2 saturated heterocycles. The Bertz CT molecular complexity index is 2490. The Morgan fingerprint density at radius 1 is 0.786 bits per heavy atom. The highest BCUT2D eigenvalue weighted by Gasteiger charge is 2.73. The predicted molar refractivity (Wildman–Crippen MR) is 278 cm³/mol. The molecule has 3 aromatic carbocycles. The SMILES string of the molecule is CCN1CCN(CC)CCN(CC)C(Cc2ccc(NC(=O)CCCCCNC(=O)Cn3c4c(c5ccccc53)C[C@@]3(O)C5Cc6ccc(O)c7c6C3(CCN5CC3CC3)[C@H]4O7)cc2)CN(CC)CC1. The molecule has 3 aliphatic carbocycles. The van der Waals surface area contributed by atoms with Crippen molar-refractivity contribution in [2.24, 2.45) is 5.92 Å². The number of rotatable bonds is 17. The summed E-state index contributed by atoms with van der Waals surface area (Å²) in [6.45, 7) is 23.6. The van der Waals surface area contributed by atoms with Crippen molar-refractivity contribution in [2.75, 3.05) is 96.9 Å². The van der Waals surface area contributed by atoms with Gasteiger partial charge in [0.25, 0.3) is 0 Å². The maximum atomic E-state index is 13.9. The number of piperidine rings is 1. The van der Waals surface area contributed by atoms with Crippen LogP contribution in [0.25, 0.3) is 10.9 Å². The molecule has 70 heavy (non-hydrogen) atoms. The van der Waals surface area contributed by atoms with Gasteiger partial charge in [0.05, 0.1) is 16.7 Å². The maximum Gasteiger partial charge on any atom is 0.239 e. The van der Waals surface area contributed by atoms with Gasteiger partial charge in [0.2, 0.25) is 11.8 Å². The number of aromatic nitrogens is 1. The van der Waals surface area contributed by atoms with Crippen molar-refractivity contribution < 1.29 is 24.5 Å². The molecule has 6 aliphatic rings. The van der Waals surface area contributed by atoms with Gasteiger partial charge in [-0.3, -0.25) is 19.4 Å². The summed E-state index contributed by atoms with van der Waals surface area (Å²) in [5.74, 6) is 1.26. The number of unbranched alkanes of at least 4 members (excludes halogenated alkanes) is 2. The fourth-order valence-corrected chi connectivity index (χ4v) is 13.5. The normalized spacial score (nSPS) is 26.5. The summed E-state index contributed by atoms with van der Waals surface area (Å²) in [7, 11) is 0. The number of ether oxygens (including phenoxy) is 1. The number of hydrogen-bond acceptors (Lipinski definition) is 10. The third-order valence-electron chi connectivity index (χ3n) is 17.6. The molecule has 3 fully saturated rings. The molecule has 2 bridgehead atoms. The largest absolute Gasteiger partial charge is 0.504 e. The Hall–Kier alpha value is -4.50. The van der Waals surface area contributed by atoms with Crippen LogP contribution in [0.2, 0.25) is 0 Å². The summed E-state index contributed by atoms with van der Waals surface area (Å²) in [5, 5.41) is 31.9. The van der Waals surface area contributed by atoms with Gasteiger partial charge >= 0.3 is 0 Å². The fourth-order valence-electron chi connectivity index (χ4n) is 13.5. The van der Waals surface area contributed by atoms with Crippen LogP contribution in [0.1, 0.15) is 107 Å². The molecule has 4 aromatic rings. The van der Waals surface area contributed by atoms with E-state index in [4.69, 9.17) is 4.74 Å². The first-order valence-electron chi connectivity index (χ1n) is 27.2. The first kappa shape index (κ1) is 49.1. The Kier molecular flexibility index (Phi) is 14.7. The minimum Gasteiger partial charge on any atom is -0.504 e. The Morgan fingerprint density at radius 3 is 2.24 bits per heavy atom. The molecular weight excluding hydrogens is 877 g/mol. The summed E-state index contributed by atoms with van der Waals surface area (Å²) in [4.78, 5) is 40.0. The minimum atomic E-state index is -1.08.